The zero-order valence-corrected chi connectivity index (χ0v) is 15.5. The number of nitrogens with one attached hydrogen (secondary N) is 1. The first kappa shape index (κ1) is 17.3. The van der Waals surface area contributed by atoms with Crippen molar-refractivity contribution in [3.05, 3.63) is 15.8 Å². The zero-order valence-electron chi connectivity index (χ0n) is 13.0. The topological polar surface area (TPSA) is 49.4 Å². The van der Waals surface area contributed by atoms with Gasteiger partial charge in [-0.2, -0.15) is 16.1 Å². The van der Waals surface area contributed by atoms with Crippen LogP contribution >= 0.6 is 23.1 Å². The fourth-order valence-corrected chi connectivity index (χ4v) is 7.29. The third-order valence-electron chi connectivity index (χ3n) is 3.48. The fourth-order valence-electron chi connectivity index (χ4n) is 2.58. The summed E-state index contributed by atoms with van der Waals surface area (Å²) in [5.74, 6) is 0. The quantitative estimate of drug-likeness (QED) is 0.889. The van der Waals surface area contributed by atoms with Crippen LogP contribution in [0, 0.1) is 6.92 Å². The molecule has 0 aliphatic carbocycles. The van der Waals surface area contributed by atoms with Crippen molar-refractivity contribution < 1.29 is 8.42 Å². The molecule has 1 aliphatic heterocycles. The Morgan fingerprint density at radius 2 is 1.95 bits per heavy atom. The molecule has 7 heteroatoms. The number of aryl methyl sites for hydroxylation is 1. The summed E-state index contributed by atoms with van der Waals surface area (Å²) in [6, 6.07) is 1.84. The Balaban J connectivity index is 2.24. The Bertz CT molecular complexity index is 573. The van der Waals surface area contributed by atoms with Gasteiger partial charge in [-0.15, -0.1) is 11.3 Å². The molecule has 2 atom stereocenters. The molecular formula is C14H24N2O2S3. The maximum absolute atomic E-state index is 12.9. The number of sulfonamides is 1. The molecular weight excluding hydrogens is 324 g/mol. The lowest BCUT2D eigenvalue weighted by Crippen LogP contribution is -2.43. The highest BCUT2D eigenvalue weighted by molar-refractivity contribution is 8.00. The highest BCUT2D eigenvalue weighted by Crippen LogP contribution is 2.32. The standard InChI is InChI=1S/C14H24N2O2S3/c1-5-15-7-13-6-14(12(4)20-13)21(17,18)16-8-10(2)19-11(3)9-16/h6,10-11,15H,5,7-9H2,1-4H3. The van der Waals surface area contributed by atoms with Crippen molar-refractivity contribution >= 4 is 33.1 Å². The largest absolute Gasteiger partial charge is 0.312 e. The lowest BCUT2D eigenvalue weighted by molar-refractivity contribution is 0.404. The van der Waals surface area contributed by atoms with Crippen LogP contribution in [-0.4, -0.2) is 42.9 Å². The van der Waals surface area contributed by atoms with E-state index in [0.717, 1.165) is 22.8 Å². The molecule has 120 valence electrons. The number of thioether (sulfide) groups is 1. The summed E-state index contributed by atoms with van der Waals surface area (Å²) in [4.78, 5) is 2.47. The molecule has 1 aromatic rings. The van der Waals surface area contributed by atoms with Crippen LogP contribution in [0.15, 0.2) is 11.0 Å². The third kappa shape index (κ3) is 4.01. The van der Waals surface area contributed by atoms with Gasteiger partial charge in [-0.05, 0) is 19.5 Å². The summed E-state index contributed by atoms with van der Waals surface area (Å²) >= 11 is 3.44. The van der Waals surface area contributed by atoms with Crippen LogP contribution in [0.4, 0.5) is 0 Å². The Labute approximate surface area is 136 Å². The second-order valence-electron chi connectivity index (χ2n) is 5.49. The van der Waals surface area contributed by atoms with Crippen molar-refractivity contribution in [3.8, 4) is 0 Å². The smallest absolute Gasteiger partial charge is 0.244 e. The third-order valence-corrected chi connectivity index (χ3v) is 7.84. The molecule has 0 saturated carbocycles. The SMILES string of the molecule is CCNCc1cc(S(=O)(=O)N2CC(C)SC(C)C2)c(C)s1. The van der Waals surface area contributed by atoms with Crippen molar-refractivity contribution in [1.82, 2.24) is 9.62 Å². The van der Waals surface area contributed by atoms with Gasteiger partial charge in [-0.1, -0.05) is 20.8 Å². The first-order valence-corrected chi connectivity index (χ1v) is 10.5. The van der Waals surface area contributed by atoms with Gasteiger partial charge in [0.15, 0.2) is 0 Å². The summed E-state index contributed by atoms with van der Waals surface area (Å²) in [6.45, 7) is 11.0. The monoisotopic (exact) mass is 348 g/mol. The number of hydrogen-bond donors (Lipinski definition) is 1. The second-order valence-corrected chi connectivity index (χ2v) is 10.6. The summed E-state index contributed by atoms with van der Waals surface area (Å²) in [6.07, 6.45) is 0. The Morgan fingerprint density at radius 3 is 2.52 bits per heavy atom. The first-order chi connectivity index (χ1) is 9.84. The Kier molecular flexibility index (Phi) is 5.76. The Morgan fingerprint density at radius 1 is 1.33 bits per heavy atom. The lowest BCUT2D eigenvalue weighted by Gasteiger charge is -2.33. The normalized spacial score (nSPS) is 24.4. The maximum atomic E-state index is 12.9. The average molecular weight is 349 g/mol. The molecule has 1 N–H and O–H groups in total. The molecule has 2 heterocycles. The van der Waals surface area contributed by atoms with Crippen molar-refractivity contribution in [2.45, 2.75) is 49.6 Å². The van der Waals surface area contributed by atoms with Crippen LogP contribution in [0.1, 0.15) is 30.5 Å². The fraction of sp³-hybridized carbons (Fsp3) is 0.714. The van der Waals surface area contributed by atoms with Gasteiger partial charge in [0.25, 0.3) is 0 Å². The lowest BCUT2D eigenvalue weighted by atomic mass is 10.4. The van der Waals surface area contributed by atoms with E-state index < -0.39 is 10.0 Å². The minimum absolute atomic E-state index is 0.351. The van der Waals surface area contributed by atoms with E-state index in [4.69, 9.17) is 0 Å². The Hall–Kier alpha value is -0.0800. The summed E-state index contributed by atoms with van der Waals surface area (Å²) in [5.41, 5.74) is 0. The molecule has 2 rings (SSSR count). The van der Waals surface area contributed by atoms with Crippen molar-refractivity contribution in [3.63, 3.8) is 0 Å². The molecule has 0 bridgehead atoms. The van der Waals surface area contributed by atoms with E-state index in [1.807, 2.05) is 31.7 Å². The molecule has 21 heavy (non-hydrogen) atoms. The molecule has 0 aromatic carbocycles. The van der Waals surface area contributed by atoms with Crippen LogP contribution in [0.2, 0.25) is 0 Å². The van der Waals surface area contributed by atoms with Crippen molar-refractivity contribution in [2.75, 3.05) is 19.6 Å². The molecule has 4 nitrogen and oxygen atoms in total. The summed E-state index contributed by atoms with van der Waals surface area (Å²) in [7, 11) is -3.36. The van der Waals surface area contributed by atoms with Crippen molar-refractivity contribution in [1.29, 1.82) is 0 Å². The molecule has 2 unspecified atom stereocenters. The summed E-state index contributed by atoms with van der Waals surface area (Å²) in [5, 5.41) is 3.95. The predicted octanol–water partition coefficient (Wildman–Crippen LogP) is 2.68. The van der Waals surface area contributed by atoms with Gasteiger partial charge in [-0.3, -0.25) is 0 Å². The van der Waals surface area contributed by atoms with Crippen molar-refractivity contribution in [2.24, 2.45) is 0 Å². The van der Waals surface area contributed by atoms with Crippen LogP contribution in [0.5, 0.6) is 0 Å². The van der Waals surface area contributed by atoms with Gasteiger partial charge in [-0.25, -0.2) is 8.42 Å². The molecule has 0 spiro atoms. The highest BCUT2D eigenvalue weighted by Gasteiger charge is 2.33. The van der Waals surface area contributed by atoms with E-state index >= 15 is 0 Å². The zero-order chi connectivity index (χ0) is 15.6. The van der Waals surface area contributed by atoms with Gasteiger partial charge in [0.2, 0.25) is 10.0 Å². The molecule has 1 aromatic heterocycles. The van der Waals surface area contributed by atoms with E-state index in [1.54, 1.807) is 15.6 Å². The van der Waals surface area contributed by atoms with E-state index in [0.29, 0.717) is 28.5 Å². The van der Waals surface area contributed by atoms with E-state index in [2.05, 4.69) is 19.2 Å². The minimum atomic E-state index is -3.36. The highest BCUT2D eigenvalue weighted by atomic mass is 32.2. The molecule has 1 saturated heterocycles. The van der Waals surface area contributed by atoms with Crippen LogP contribution < -0.4 is 5.32 Å². The molecule has 1 fully saturated rings. The number of hydrogen-bond acceptors (Lipinski definition) is 5. The number of thiophene rings is 1. The van der Waals surface area contributed by atoms with Crippen LogP contribution in [0.25, 0.3) is 0 Å². The maximum Gasteiger partial charge on any atom is 0.244 e. The van der Waals surface area contributed by atoms with E-state index in [1.165, 1.54) is 0 Å². The predicted molar refractivity (Wildman–Crippen MR) is 91.7 cm³/mol. The first-order valence-electron chi connectivity index (χ1n) is 7.30. The van der Waals surface area contributed by atoms with Gasteiger partial charge in [0.05, 0.1) is 4.90 Å². The van der Waals surface area contributed by atoms with Gasteiger partial charge in [0.1, 0.15) is 0 Å². The van der Waals surface area contributed by atoms with E-state index in [-0.39, 0.29) is 0 Å². The number of nitrogens with zero attached hydrogens (tertiary/aromatic N) is 1. The summed E-state index contributed by atoms with van der Waals surface area (Å²) < 4.78 is 27.4. The van der Waals surface area contributed by atoms with Crippen LogP contribution in [-0.2, 0) is 16.6 Å². The average Bonchev–Trinajstić information content (AvgIpc) is 2.77. The van der Waals surface area contributed by atoms with Gasteiger partial charge >= 0.3 is 0 Å². The second kappa shape index (κ2) is 7.00. The minimum Gasteiger partial charge on any atom is -0.312 e. The number of rotatable bonds is 5. The molecule has 0 amide bonds. The molecule has 1 aliphatic rings. The van der Waals surface area contributed by atoms with Gasteiger partial charge < -0.3 is 5.32 Å². The molecule has 0 radical (unpaired) electrons. The van der Waals surface area contributed by atoms with E-state index in [9.17, 15) is 8.42 Å². The van der Waals surface area contributed by atoms with Crippen LogP contribution in [0.3, 0.4) is 0 Å². The van der Waals surface area contributed by atoms with Gasteiger partial charge in [0, 0.05) is 39.9 Å².